The van der Waals surface area contributed by atoms with Gasteiger partial charge < -0.3 is 14.6 Å². The van der Waals surface area contributed by atoms with Gasteiger partial charge >= 0.3 is 0 Å². The molecule has 2 heterocycles. The van der Waals surface area contributed by atoms with E-state index in [1.165, 1.54) is 16.5 Å². The molecule has 32 heavy (non-hydrogen) atoms. The van der Waals surface area contributed by atoms with E-state index < -0.39 is 0 Å². The summed E-state index contributed by atoms with van der Waals surface area (Å²) in [6.07, 6.45) is 5.58. The van der Waals surface area contributed by atoms with Gasteiger partial charge in [-0.1, -0.05) is 24.3 Å². The summed E-state index contributed by atoms with van der Waals surface area (Å²) in [5, 5.41) is 4.87. The van der Waals surface area contributed by atoms with Crippen LogP contribution < -0.4 is 10.1 Å². The van der Waals surface area contributed by atoms with E-state index in [0.29, 0.717) is 6.61 Å². The van der Waals surface area contributed by atoms with Crippen LogP contribution in [0.25, 0.3) is 33.1 Å². The van der Waals surface area contributed by atoms with Gasteiger partial charge in [-0.15, -0.1) is 0 Å². The van der Waals surface area contributed by atoms with Crippen molar-refractivity contribution >= 4 is 27.6 Å². The van der Waals surface area contributed by atoms with Crippen molar-refractivity contribution in [1.82, 2.24) is 14.5 Å². The predicted molar refractivity (Wildman–Crippen MR) is 131 cm³/mol. The molecule has 0 aliphatic heterocycles. The highest BCUT2D eigenvalue weighted by molar-refractivity contribution is 5.97. The Morgan fingerprint density at radius 1 is 1.00 bits per heavy atom. The maximum atomic E-state index is 5.67. The smallest absolute Gasteiger partial charge is 0.119 e. The number of hydrogen-bond acceptors (Lipinski definition) is 4. The normalized spacial score (nSPS) is 12.2. The van der Waals surface area contributed by atoms with Gasteiger partial charge in [0.2, 0.25) is 0 Å². The molecule has 2 aromatic heterocycles. The van der Waals surface area contributed by atoms with Crippen LogP contribution in [0.5, 0.6) is 5.75 Å². The van der Waals surface area contributed by atoms with Crippen molar-refractivity contribution in [3.05, 3.63) is 84.8 Å². The molecule has 0 saturated heterocycles. The Kier molecular flexibility index (Phi) is 5.23. The van der Waals surface area contributed by atoms with Crippen LogP contribution in [0, 0.1) is 0 Å². The number of fused-ring (bicyclic) bond motifs is 2. The molecule has 1 atom stereocenters. The van der Waals surface area contributed by atoms with Crippen LogP contribution in [-0.2, 0) is 7.05 Å². The first-order valence-electron chi connectivity index (χ1n) is 10.9. The second-order valence-corrected chi connectivity index (χ2v) is 8.02. The molecule has 0 aliphatic rings. The van der Waals surface area contributed by atoms with E-state index in [1.807, 2.05) is 19.1 Å². The highest BCUT2D eigenvalue weighted by Crippen LogP contribution is 2.33. The van der Waals surface area contributed by atoms with Crippen LogP contribution in [0.2, 0.25) is 0 Å². The fraction of sp³-hybridized carbons (Fsp3) is 0.185. The number of hydrogen-bond donors (Lipinski definition) is 1. The van der Waals surface area contributed by atoms with E-state index >= 15 is 0 Å². The molecule has 0 radical (unpaired) electrons. The minimum absolute atomic E-state index is 0.104. The third-order valence-electron chi connectivity index (χ3n) is 5.83. The Morgan fingerprint density at radius 3 is 2.75 bits per heavy atom. The molecule has 5 nitrogen and oxygen atoms in total. The molecule has 0 unspecified atom stereocenters. The zero-order valence-electron chi connectivity index (χ0n) is 18.5. The van der Waals surface area contributed by atoms with Gasteiger partial charge in [0.05, 0.1) is 17.6 Å². The van der Waals surface area contributed by atoms with Crippen LogP contribution in [0.3, 0.4) is 0 Å². The Bertz CT molecular complexity index is 1410. The number of nitrogens with zero attached hydrogens (tertiary/aromatic N) is 3. The molecular formula is C27H26N4O. The average molecular weight is 423 g/mol. The van der Waals surface area contributed by atoms with Gasteiger partial charge in [-0.25, -0.2) is 0 Å². The Balaban J connectivity index is 1.56. The number of aromatic nitrogens is 3. The molecule has 0 spiro atoms. The molecule has 160 valence electrons. The van der Waals surface area contributed by atoms with Crippen LogP contribution in [0.1, 0.15) is 25.5 Å². The van der Waals surface area contributed by atoms with E-state index in [-0.39, 0.29) is 6.04 Å². The molecular weight excluding hydrogens is 396 g/mol. The molecule has 0 aliphatic carbocycles. The van der Waals surface area contributed by atoms with E-state index in [9.17, 15) is 0 Å². The summed E-state index contributed by atoms with van der Waals surface area (Å²) in [7, 11) is 2.07. The van der Waals surface area contributed by atoms with Gasteiger partial charge in [0, 0.05) is 48.4 Å². The minimum Gasteiger partial charge on any atom is -0.494 e. The molecule has 5 rings (SSSR count). The first kappa shape index (κ1) is 20.1. The lowest BCUT2D eigenvalue weighted by Crippen LogP contribution is -2.07. The standard InChI is InChI=1S/C27H26N4O/c1-4-32-23-7-5-6-20(14-23)18(2)30-22-16-24(27-25(17-22)28-11-12-29-27)21-9-8-19-10-13-31(3)26(19)15-21/h5-18,30H,4H2,1-3H3/t18-/m1/s1. The van der Waals surface area contributed by atoms with Gasteiger partial charge in [0.1, 0.15) is 5.75 Å². The highest BCUT2D eigenvalue weighted by atomic mass is 16.5. The Morgan fingerprint density at radius 2 is 1.88 bits per heavy atom. The monoisotopic (exact) mass is 422 g/mol. The van der Waals surface area contributed by atoms with Crippen LogP contribution >= 0.6 is 0 Å². The maximum absolute atomic E-state index is 5.67. The summed E-state index contributed by atoms with van der Waals surface area (Å²) in [6, 6.07) is 21.2. The lowest BCUT2D eigenvalue weighted by molar-refractivity contribution is 0.340. The number of rotatable bonds is 6. The fourth-order valence-electron chi connectivity index (χ4n) is 4.18. The second kappa shape index (κ2) is 8.35. The van der Waals surface area contributed by atoms with Gasteiger partial charge in [-0.05, 0) is 66.8 Å². The van der Waals surface area contributed by atoms with E-state index in [0.717, 1.165) is 33.6 Å². The first-order valence-corrected chi connectivity index (χ1v) is 10.9. The summed E-state index contributed by atoms with van der Waals surface area (Å²) >= 11 is 0. The van der Waals surface area contributed by atoms with Crippen molar-refractivity contribution in [3.63, 3.8) is 0 Å². The van der Waals surface area contributed by atoms with Crippen molar-refractivity contribution < 1.29 is 4.74 Å². The molecule has 1 N–H and O–H groups in total. The largest absolute Gasteiger partial charge is 0.494 e. The first-order chi connectivity index (χ1) is 15.6. The van der Waals surface area contributed by atoms with E-state index in [2.05, 4.69) is 88.6 Å². The summed E-state index contributed by atoms with van der Waals surface area (Å²) in [4.78, 5) is 9.23. The van der Waals surface area contributed by atoms with Crippen molar-refractivity contribution in [2.45, 2.75) is 19.9 Å². The number of anilines is 1. The number of ether oxygens (including phenoxy) is 1. The lowest BCUT2D eigenvalue weighted by atomic mass is 10.0. The lowest BCUT2D eigenvalue weighted by Gasteiger charge is -2.18. The molecule has 0 amide bonds. The van der Waals surface area contributed by atoms with Crippen LogP contribution in [-0.4, -0.2) is 21.1 Å². The van der Waals surface area contributed by atoms with Gasteiger partial charge in [0.15, 0.2) is 0 Å². The van der Waals surface area contributed by atoms with Crippen molar-refractivity contribution in [2.75, 3.05) is 11.9 Å². The van der Waals surface area contributed by atoms with E-state index in [4.69, 9.17) is 4.74 Å². The molecule has 5 aromatic rings. The number of aryl methyl sites for hydroxylation is 1. The third-order valence-corrected chi connectivity index (χ3v) is 5.83. The van der Waals surface area contributed by atoms with Gasteiger partial charge in [-0.3, -0.25) is 9.97 Å². The minimum atomic E-state index is 0.104. The van der Waals surface area contributed by atoms with Crippen molar-refractivity contribution in [2.24, 2.45) is 7.05 Å². The van der Waals surface area contributed by atoms with Crippen molar-refractivity contribution in [3.8, 4) is 16.9 Å². The van der Waals surface area contributed by atoms with Crippen LogP contribution in [0.4, 0.5) is 5.69 Å². The fourth-order valence-corrected chi connectivity index (χ4v) is 4.18. The number of benzene rings is 3. The summed E-state index contributed by atoms with van der Waals surface area (Å²) in [6.45, 7) is 4.81. The van der Waals surface area contributed by atoms with Crippen LogP contribution in [0.15, 0.2) is 79.3 Å². The van der Waals surface area contributed by atoms with Crippen molar-refractivity contribution in [1.29, 1.82) is 0 Å². The zero-order valence-corrected chi connectivity index (χ0v) is 18.5. The van der Waals surface area contributed by atoms with E-state index in [1.54, 1.807) is 12.4 Å². The molecule has 5 heteroatoms. The van der Waals surface area contributed by atoms with Gasteiger partial charge in [0.25, 0.3) is 0 Å². The third kappa shape index (κ3) is 3.78. The second-order valence-electron chi connectivity index (χ2n) is 8.02. The zero-order chi connectivity index (χ0) is 22.1. The number of nitrogens with one attached hydrogen (secondary N) is 1. The summed E-state index contributed by atoms with van der Waals surface area (Å²) in [5.41, 5.74) is 7.33. The molecule has 0 bridgehead atoms. The average Bonchev–Trinajstić information content (AvgIpc) is 3.19. The summed E-state index contributed by atoms with van der Waals surface area (Å²) in [5.74, 6) is 0.889. The Hall–Kier alpha value is -3.86. The molecule has 0 saturated carbocycles. The summed E-state index contributed by atoms with van der Waals surface area (Å²) < 4.78 is 7.81. The molecule has 3 aromatic carbocycles. The molecule has 0 fully saturated rings. The maximum Gasteiger partial charge on any atom is 0.119 e. The van der Waals surface area contributed by atoms with Gasteiger partial charge in [-0.2, -0.15) is 0 Å². The Labute approximate surface area is 187 Å². The predicted octanol–water partition coefficient (Wildman–Crippen LogP) is 6.36. The topological polar surface area (TPSA) is 52.0 Å². The highest BCUT2D eigenvalue weighted by Gasteiger charge is 2.13. The quantitative estimate of drug-likeness (QED) is 0.346. The SMILES string of the molecule is CCOc1cccc([C@@H](C)Nc2cc(-c3ccc4ccn(C)c4c3)c3nccnc3c2)c1.